The summed E-state index contributed by atoms with van der Waals surface area (Å²) in [5.41, 5.74) is 2.23. The van der Waals surface area contributed by atoms with Crippen LogP contribution in [-0.4, -0.2) is 30.9 Å². The summed E-state index contributed by atoms with van der Waals surface area (Å²) in [6.07, 6.45) is 2.44. The second-order valence-electron chi connectivity index (χ2n) is 11.8. The molecule has 0 bridgehead atoms. The summed E-state index contributed by atoms with van der Waals surface area (Å²) in [5, 5.41) is 4.53. The van der Waals surface area contributed by atoms with Gasteiger partial charge in [0.25, 0.3) is 0 Å². The third-order valence-electron chi connectivity index (χ3n) is 9.26. The normalized spacial score (nSPS) is 22.3. The van der Waals surface area contributed by atoms with E-state index in [9.17, 15) is 14.4 Å². The number of Topliss-reactive ketones (excluding diaryl/α,β-unsaturated/α-hetero) is 1. The van der Waals surface area contributed by atoms with Gasteiger partial charge in [0.15, 0.2) is 0 Å². The van der Waals surface area contributed by atoms with Crippen LogP contribution in [0.4, 0.5) is 0 Å². The molecular formula is C37H38O5. The lowest BCUT2D eigenvalue weighted by atomic mass is 9.78. The number of esters is 2. The number of hydrogen-bond donors (Lipinski definition) is 0. The van der Waals surface area contributed by atoms with Crippen LogP contribution >= 0.6 is 0 Å². The number of carbonyl (C=O) groups is 3. The van der Waals surface area contributed by atoms with Crippen LogP contribution < -0.4 is 0 Å². The van der Waals surface area contributed by atoms with Crippen molar-refractivity contribution in [2.45, 2.75) is 39.5 Å². The van der Waals surface area contributed by atoms with Gasteiger partial charge in [-0.2, -0.15) is 0 Å². The first-order chi connectivity index (χ1) is 20.5. The number of benzene rings is 4. The van der Waals surface area contributed by atoms with E-state index in [-0.39, 0.29) is 53.2 Å². The summed E-state index contributed by atoms with van der Waals surface area (Å²) in [6.45, 7) is 4.29. The fraction of sp³-hybridized carbons (Fsp3) is 0.378. The van der Waals surface area contributed by atoms with Crippen LogP contribution in [-0.2, 0) is 36.7 Å². The highest BCUT2D eigenvalue weighted by Gasteiger charge is 2.56. The summed E-state index contributed by atoms with van der Waals surface area (Å²) in [6, 6.07) is 28.9. The van der Waals surface area contributed by atoms with Gasteiger partial charge in [-0.15, -0.1) is 0 Å². The number of carbonyl (C=O) groups excluding carboxylic acids is 3. The fourth-order valence-electron chi connectivity index (χ4n) is 6.98. The molecule has 2 saturated carbocycles. The van der Waals surface area contributed by atoms with Crippen LogP contribution in [0.5, 0.6) is 0 Å². The Morgan fingerprint density at radius 3 is 1.45 bits per heavy atom. The van der Waals surface area contributed by atoms with Crippen LogP contribution in [0.15, 0.2) is 84.9 Å². The quantitative estimate of drug-likeness (QED) is 0.174. The Balaban J connectivity index is 1.36. The number of rotatable bonds is 12. The molecule has 216 valence electrons. The van der Waals surface area contributed by atoms with E-state index < -0.39 is 0 Å². The molecule has 0 spiro atoms. The minimum absolute atomic E-state index is 0.0645. The van der Waals surface area contributed by atoms with Crippen molar-refractivity contribution in [1.29, 1.82) is 0 Å². The molecule has 0 radical (unpaired) electrons. The van der Waals surface area contributed by atoms with Crippen LogP contribution in [0.1, 0.15) is 37.8 Å². The van der Waals surface area contributed by atoms with Crippen LogP contribution in [0.25, 0.3) is 21.5 Å². The zero-order chi connectivity index (χ0) is 29.2. The minimum Gasteiger partial charge on any atom is -0.466 e. The van der Waals surface area contributed by atoms with E-state index >= 15 is 0 Å². The molecule has 5 heteroatoms. The smallest absolute Gasteiger partial charge is 0.309 e. The molecule has 0 aliphatic heterocycles. The fourth-order valence-corrected chi connectivity index (χ4v) is 6.98. The monoisotopic (exact) mass is 562 g/mol. The predicted molar refractivity (Wildman–Crippen MR) is 164 cm³/mol. The van der Waals surface area contributed by atoms with Gasteiger partial charge in [-0.1, -0.05) is 84.9 Å². The number of ether oxygens (including phenoxy) is 2. The molecule has 0 amide bonds. The number of hydrogen-bond acceptors (Lipinski definition) is 5. The molecular weight excluding hydrogens is 524 g/mol. The van der Waals surface area contributed by atoms with E-state index in [0.29, 0.717) is 38.9 Å². The van der Waals surface area contributed by atoms with Gasteiger partial charge in [0, 0.05) is 11.8 Å². The molecule has 2 fully saturated rings. The van der Waals surface area contributed by atoms with Gasteiger partial charge < -0.3 is 9.47 Å². The summed E-state index contributed by atoms with van der Waals surface area (Å²) in [5.74, 6) is -1.58. The molecule has 4 aromatic rings. The number of ketones is 1. The van der Waals surface area contributed by atoms with Crippen molar-refractivity contribution in [2.75, 3.05) is 13.2 Å². The topological polar surface area (TPSA) is 69.7 Å². The van der Waals surface area contributed by atoms with Crippen molar-refractivity contribution in [3.05, 3.63) is 96.1 Å². The highest BCUT2D eigenvalue weighted by molar-refractivity contribution is 5.92. The molecule has 5 nitrogen and oxygen atoms in total. The van der Waals surface area contributed by atoms with Gasteiger partial charge in [-0.05, 0) is 84.0 Å². The summed E-state index contributed by atoms with van der Waals surface area (Å²) < 4.78 is 10.7. The first-order valence-corrected chi connectivity index (χ1v) is 15.3. The summed E-state index contributed by atoms with van der Waals surface area (Å²) in [4.78, 5) is 40.4. The Labute approximate surface area is 247 Å². The first kappa shape index (κ1) is 28.1. The zero-order valence-corrected chi connectivity index (χ0v) is 24.3. The molecule has 6 atom stereocenters. The van der Waals surface area contributed by atoms with Crippen molar-refractivity contribution >= 4 is 39.3 Å². The Hall–Kier alpha value is -3.99. The third-order valence-corrected chi connectivity index (χ3v) is 9.26. The van der Waals surface area contributed by atoms with Gasteiger partial charge in [0.1, 0.15) is 5.78 Å². The van der Waals surface area contributed by atoms with Crippen LogP contribution in [0, 0.1) is 35.5 Å². The van der Waals surface area contributed by atoms with E-state index in [1.165, 1.54) is 0 Å². The lowest BCUT2D eigenvalue weighted by Crippen LogP contribution is -2.32. The van der Waals surface area contributed by atoms with Crippen molar-refractivity contribution < 1.29 is 23.9 Å². The first-order valence-electron chi connectivity index (χ1n) is 15.3. The Bertz CT molecular complexity index is 1490. The standard InChI is InChI=1S/C37H38O5/c1-3-41-36(39)33-21-29(33)31(19-25-15-9-13-23-11-5-7-17-27(23)25)35(38)32(30-22-34(30)37(40)42-4-2)20-26-16-10-14-24-12-6-8-18-28(24)26/h5-18,29-34H,3-4,19-22H2,1-2H3. The van der Waals surface area contributed by atoms with E-state index in [1.807, 2.05) is 50.2 Å². The molecule has 2 aliphatic rings. The summed E-state index contributed by atoms with van der Waals surface area (Å²) >= 11 is 0. The molecule has 42 heavy (non-hydrogen) atoms. The Morgan fingerprint density at radius 1 is 0.619 bits per heavy atom. The molecule has 0 heterocycles. The molecule has 2 aliphatic carbocycles. The van der Waals surface area contributed by atoms with Gasteiger partial charge in [0.2, 0.25) is 0 Å². The SMILES string of the molecule is CCOC(=O)C1CC1C(Cc1cccc2ccccc12)C(=O)C(Cc1cccc2ccccc12)C1CC1C(=O)OCC. The number of fused-ring (bicyclic) bond motifs is 2. The molecule has 4 aromatic carbocycles. The largest absolute Gasteiger partial charge is 0.466 e. The van der Waals surface area contributed by atoms with E-state index in [2.05, 4.69) is 48.5 Å². The molecule has 6 rings (SSSR count). The average molecular weight is 563 g/mol. The predicted octanol–water partition coefficient (Wildman–Crippen LogP) is 6.98. The lowest BCUT2D eigenvalue weighted by molar-refractivity contribution is -0.146. The maximum absolute atomic E-state index is 14.8. The van der Waals surface area contributed by atoms with Gasteiger partial charge in [-0.3, -0.25) is 14.4 Å². The second-order valence-corrected chi connectivity index (χ2v) is 11.8. The maximum atomic E-state index is 14.8. The van der Waals surface area contributed by atoms with Crippen molar-refractivity contribution in [3.63, 3.8) is 0 Å². The van der Waals surface area contributed by atoms with Gasteiger partial charge >= 0.3 is 11.9 Å². The summed E-state index contributed by atoms with van der Waals surface area (Å²) in [7, 11) is 0. The van der Waals surface area contributed by atoms with Gasteiger partial charge in [0.05, 0.1) is 25.0 Å². The van der Waals surface area contributed by atoms with E-state index in [1.54, 1.807) is 0 Å². The maximum Gasteiger partial charge on any atom is 0.309 e. The van der Waals surface area contributed by atoms with E-state index in [0.717, 1.165) is 32.7 Å². The third kappa shape index (κ3) is 5.70. The minimum atomic E-state index is -0.339. The van der Waals surface area contributed by atoms with Crippen molar-refractivity contribution in [1.82, 2.24) is 0 Å². The van der Waals surface area contributed by atoms with Crippen molar-refractivity contribution in [2.24, 2.45) is 35.5 Å². The Kier molecular flexibility index (Phi) is 8.10. The highest BCUT2D eigenvalue weighted by atomic mass is 16.5. The molecule has 0 N–H and O–H groups in total. The Morgan fingerprint density at radius 2 is 1.02 bits per heavy atom. The highest BCUT2D eigenvalue weighted by Crippen LogP contribution is 2.52. The van der Waals surface area contributed by atoms with Crippen LogP contribution in [0.3, 0.4) is 0 Å². The molecule has 6 unspecified atom stereocenters. The average Bonchev–Trinajstić information content (AvgIpc) is 3.94. The van der Waals surface area contributed by atoms with E-state index in [4.69, 9.17) is 9.47 Å². The van der Waals surface area contributed by atoms with Crippen LogP contribution in [0.2, 0.25) is 0 Å². The second kappa shape index (κ2) is 12.1. The molecule has 0 aromatic heterocycles. The van der Waals surface area contributed by atoms with Gasteiger partial charge in [-0.25, -0.2) is 0 Å². The lowest BCUT2D eigenvalue weighted by Gasteiger charge is -2.25. The molecule has 0 saturated heterocycles. The zero-order valence-electron chi connectivity index (χ0n) is 24.3. The van der Waals surface area contributed by atoms with Crippen molar-refractivity contribution in [3.8, 4) is 0 Å².